The first-order valence-electron chi connectivity index (χ1n) is 7.13. The van der Waals surface area contributed by atoms with E-state index in [9.17, 15) is 13.5 Å². The van der Waals surface area contributed by atoms with Crippen molar-refractivity contribution in [2.24, 2.45) is 0 Å². The average Bonchev–Trinajstić information content (AvgIpc) is 2.43. The number of aliphatic hydroxyl groups excluding tert-OH is 1. The molecule has 1 aromatic rings. The predicted molar refractivity (Wildman–Crippen MR) is 86.8 cm³/mol. The number of nitrogens with one attached hydrogen (secondary N) is 1. The fourth-order valence-corrected chi connectivity index (χ4v) is 5.00. The monoisotopic (exact) mass is 330 g/mol. The van der Waals surface area contributed by atoms with Gasteiger partial charge in [-0.1, -0.05) is 12.8 Å². The number of sulfonamides is 1. The highest BCUT2D eigenvalue weighted by Crippen LogP contribution is 2.21. The molecule has 4 N–H and O–H groups in total. The number of nitrogens with two attached hydrogens (primary N) is 1. The summed E-state index contributed by atoms with van der Waals surface area (Å²) < 4.78 is 26.7. The van der Waals surface area contributed by atoms with Crippen LogP contribution in [0, 0.1) is 0 Å². The van der Waals surface area contributed by atoms with E-state index < -0.39 is 16.1 Å². The van der Waals surface area contributed by atoms with Gasteiger partial charge in [-0.15, -0.1) is 11.8 Å². The van der Waals surface area contributed by atoms with Crippen LogP contribution in [0.15, 0.2) is 29.2 Å². The molecule has 0 aromatic heterocycles. The van der Waals surface area contributed by atoms with Crippen LogP contribution in [-0.4, -0.2) is 37.2 Å². The maximum absolute atomic E-state index is 12.0. The molecule has 0 heterocycles. The molecule has 1 saturated carbocycles. The third kappa shape index (κ3) is 5.50. The number of rotatable bonds is 6. The molecule has 5 nitrogen and oxygen atoms in total. The van der Waals surface area contributed by atoms with Gasteiger partial charge < -0.3 is 10.8 Å². The lowest BCUT2D eigenvalue weighted by Gasteiger charge is -2.28. The molecule has 1 fully saturated rings. The van der Waals surface area contributed by atoms with Crippen molar-refractivity contribution < 1.29 is 13.5 Å². The smallest absolute Gasteiger partial charge is 0.212 e. The molecule has 2 atom stereocenters. The Kier molecular flexibility index (Phi) is 5.92. The summed E-state index contributed by atoms with van der Waals surface area (Å²) in [6.45, 7) is 0. The Bertz CT molecular complexity index is 546. The highest BCUT2D eigenvalue weighted by Gasteiger charge is 2.26. The van der Waals surface area contributed by atoms with Gasteiger partial charge in [0.25, 0.3) is 0 Å². The topological polar surface area (TPSA) is 92.4 Å². The van der Waals surface area contributed by atoms with Crippen LogP contribution >= 0.6 is 11.8 Å². The van der Waals surface area contributed by atoms with E-state index in [0.717, 1.165) is 17.7 Å². The molecule has 118 valence electrons. The molecule has 0 amide bonds. The van der Waals surface area contributed by atoms with Crippen LogP contribution in [0.25, 0.3) is 0 Å². The summed E-state index contributed by atoms with van der Waals surface area (Å²) in [4.78, 5) is 0.997. The quantitative estimate of drug-likeness (QED) is 0.544. The summed E-state index contributed by atoms with van der Waals surface area (Å²) in [5, 5.41) is 9.82. The van der Waals surface area contributed by atoms with E-state index in [0.29, 0.717) is 24.3 Å². The summed E-state index contributed by atoms with van der Waals surface area (Å²) in [7, 11) is -3.35. The van der Waals surface area contributed by atoms with E-state index in [1.807, 2.05) is 12.1 Å². The van der Waals surface area contributed by atoms with E-state index in [2.05, 4.69) is 4.72 Å². The normalized spacial score (nSPS) is 23.1. The number of nitrogen functional groups attached to an aromatic ring is 1. The van der Waals surface area contributed by atoms with E-state index in [1.54, 1.807) is 12.1 Å². The second-order valence-corrected chi connectivity index (χ2v) is 8.35. The molecular weight excluding hydrogens is 308 g/mol. The molecule has 7 heteroatoms. The molecule has 0 radical (unpaired) electrons. The molecule has 2 rings (SSSR count). The Hall–Kier alpha value is -0.760. The van der Waals surface area contributed by atoms with Crippen LogP contribution in [0.2, 0.25) is 0 Å². The fourth-order valence-electron chi connectivity index (χ4n) is 2.37. The Balaban J connectivity index is 1.79. The maximum atomic E-state index is 12.0. The van der Waals surface area contributed by atoms with Crippen LogP contribution < -0.4 is 10.5 Å². The third-order valence-corrected chi connectivity index (χ3v) is 6.24. The van der Waals surface area contributed by atoms with Crippen molar-refractivity contribution in [1.82, 2.24) is 4.72 Å². The molecule has 0 saturated heterocycles. The zero-order valence-corrected chi connectivity index (χ0v) is 13.5. The lowest BCUT2D eigenvalue weighted by molar-refractivity contribution is 0.101. The van der Waals surface area contributed by atoms with Crippen molar-refractivity contribution in [1.29, 1.82) is 0 Å². The Morgan fingerprint density at radius 3 is 2.57 bits per heavy atom. The van der Waals surface area contributed by atoms with Crippen LogP contribution in [0.3, 0.4) is 0 Å². The Morgan fingerprint density at radius 1 is 1.24 bits per heavy atom. The van der Waals surface area contributed by atoms with Gasteiger partial charge in [0.2, 0.25) is 10.0 Å². The molecule has 0 aliphatic heterocycles. The first kappa shape index (κ1) is 16.6. The van der Waals surface area contributed by atoms with Crippen LogP contribution in [-0.2, 0) is 10.0 Å². The summed E-state index contributed by atoms with van der Waals surface area (Å²) in [5.41, 5.74) is 6.30. The average molecular weight is 330 g/mol. The van der Waals surface area contributed by atoms with Gasteiger partial charge in [0.05, 0.1) is 11.9 Å². The Labute approximate surface area is 130 Å². The van der Waals surface area contributed by atoms with Gasteiger partial charge in [0.1, 0.15) is 0 Å². The minimum Gasteiger partial charge on any atom is -0.399 e. The molecule has 1 aliphatic rings. The summed E-state index contributed by atoms with van der Waals surface area (Å²) >= 11 is 1.48. The lowest BCUT2D eigenvalue weighted by Crippen LogP contribution is -2.46. The molecule has 0 spiro atoms. The first-order valence-corrected chi connectivity index (χ1v) is 9.76. The van der Waals surface area contributed by atoms with Crippen molar-refractivity contribution in [2.45, 2.75) is 42.7 Å². The first-order chi connectivity index (χ1) is 9.96. The van der Waals surface area contributed by atoms with Gasteiger partial charge >= 0.3 is 0 Å². The predicted octanol–water partition coefficient (Wildman–Crippen LogP) is 1.58. The number of anilines is 1. The zero-order chi connectivity index (χ0) is 15.3. The second-order valence-electron chi connectivity index (χ2n) is 5.31. The van der Waals surface area contributed by atoms with Gasteiger partial charge in [-0.25, -0.2) is 13.1 Å². The standard InChI is InChI=1S/C14H22N2O3S2/c15-11-5-7-12(8-6-11)20-9-10-21(18,19)16-13-3-1-2-4-14(13)17/h5-8,13-14,16-17H,1-4,9-10,15H2/t13-,14-/m1/s1. The van der Waals surface area contributed by atoms with Crippen molar-refractivity contribution in [3.8, 4) is 0 Å². The van der Waals surface area contributed by atoms with Crippen LogP contribution in [0.5, 0.6) is 0 Å². The van der Waals surface area contributed by atoms with E-state index in [1.165, 1.54) is 11.8 Å². The van der Waals surface area contributed by atoms with Gasteiger partial charge in [-0.05, 0) is 37.1 Å². The van der Waals surface area contributed by atoms with Crippen molar-refractivity contribution in [2.75, 3.05) is 17.2 Å². The minimum atomic E-state index is -3.35. The SMILES string of the molecule is Nc1ccc(SCCS(=O)(=O)N[C@@H]2CCCC[C@H]2O)cc1. The lowest BCUT2D eigenvalue weighted by atomic mass is 9.93. The number of aliphatic hydroxyl groups is 1. The van der Waals surface area contributed by atoms with Gasteiger partial charge in [-0.2, -0.15) is 0 Å². The van der Waals surface area contributed by atoms with Crippen molar-refractivity contribution in [3.05, 3.63) is 24.3 Å². The maximum Gasteiger partial charge on any atom is 0.212 e. The largest absolute Gasteiger partial charge is 0.399 e. The highest BCUT2D eigenvalue weighted by molar-refractivity contribution is 8.00. The molecule has 0 unspecified atom stereocenters. The summed E-state index contributed by atoms with van der Waals surface area (Å²) in [6, 6.07) is 7.03. The highest BCUT2D eigenvalue weighted by atomic mass is 32.2. The number of hydrogen-bond acceptors (Lipinski definition) is 5. The molecule has 1 aliphatic carbocycles. The zero-order valence-electron chi connectivity index (χ0n) is 11.9. The number of hydrogen-bond donors (Lipinski definition) is 3. The third-order valence-electron chi connectivity index (χ3n) is 3.56. The van der Waals surface area contributed by atoms with Crippen molar-refractivity contribution >= 4 is 27.5 Å². The van der Waals surface area contributed by atoms with Crippen LogP contribution in [0.1, 0.15) is 25.7 Å². The second kappa shape index (κ2) is 7.49. The van der Waals surface area contributed by atoms with E-state index >= 15 is 0 Å². The summed E-state index contributed by atoms with van der Waals surface area (Å²) in [6.07, 6.45) is 2.76. The van der Waals surface area contributed by atoms with E-state index in [4.69, 9.17) is 5.73 Å². The van der Waals surface area contributed by atoms with Gasteiger partial charge in [0, 0.05) is 22.4 Å². The van der Waals surface area contributed by atoms with E-state index in [-0.39, 0.29) is 11.8 Å². The summed E-state index contributed by atoms with van der Waals surface area (Å²) in [5.74, 6) is 0.521. The van der Waals surface area contributed by atoms with Crippen LogP contribution in [0.4, 0.5) is 5.69 Å². The van der Waals surface area contributed by atoms with Gasteiger partial charge in [-0.3, -0.25) is 0 Å². The molecule has 1 aromatic carbocycles. The molecule has 21 heavy (non-hydrogen) atoms. The minimum absolute atomic E-state index is 0.0469. The van der Waals surface area contributed by atoms with Crippen molar-refractivity contribution in [3.63, 3.8) is 0 Å². The fraction of sp³-hybridized carbons (Fsp3) is 0.571. The Morgan fingerprint density at radius 2 is 1.90 bits per heavy atom. The molecular formula is C14H22N2O3S2. The van der Waals surface area contributed by atoms with Gasteiger partial charge in [0.15, 0.2) is 0 Å². The number of benzene rings is 1. The molecule has 0 bridgehead atoms. The number of thioether (sulfide) groups is 1.